The Bertz CT molecular complexity index is 586. The third-order valence-electron chi connectivity index (χ3n) is 4.44. The molecule has 3 N–H and O–H groups in total. The van der Waals surface area contributed by atoms with Crippen molar-refractivity contribution in [2.24, 2.45) is 0 Å². The number of nitrogens with zero attached hydrogens (tertiary/aromatic N) is 2. The van der Waals surface area contributed by atoms with Gasteiger partial charge in [-0.2, -0.15) is 0 Å². The van der Waals surface area contributed by atoms with E-state index in [1.54, 1.807) is 6.20 Å². The first-order chi connectivity index (χ1) is 12.2. The first-order valence-corrected chi connectivity index (χ1v) is 8.82. The summed E-state index contributed by atoms with van der Waals surface area (Å²) in [7, 11) is 0. The van der Waals surface area contributed by atoms with E-state index in [-0.39, 0.29) is 11.9 Å². The van der Waals surface area contributed by atoms with Gasteiger partial charge in [0.2, 0.25) is 5.91 Å². The number of hydrogen-bond donors (Lipinski definition) is 3. The van der Waals surface area contributed by atoms with Gasteiger partial charge in [-0.25, -0.2) is 9.78 Å². The first-order valence-electron chi connectivity index (χ1n) is 8.82. The highest BCUT2D eigenvalue weighted by Crippen LogP contribution is 2.13. The Morgan fingerprint density at radius 1 is 1.32 bits per heavy atom. The summed E-state index contributed by atoms with van der Waals surface area (Å²) in [5, 5.41) is 8.33. The molecule has 0 aliphatic carbocycles. The van der Waals surface area contributed by atoms with Crippen molar-refractivity contribution in [2.75, 3.05) is 37.7 Å². The molecular formula is C17H25N5O3. The van der Waals surface area contributed by atoms with Crippen LogP contribution < -0.4 is 20.9 Å². The van der Waals surface area contributed by atoms with Crippen LogP contribution in [0.15, 0.2) is 18.3 Å². The highest BCUT2D eigenvalue weighted by molar-refractivity contribution is 5.87. The highest BCUT2D eigenvalue weighted by atomic mass is 16.5. The van der Waals surface area contributed by atoms with Crippen LogP contribution in [0.3, 0.4) is 0 Å². The van der Waals surface area contributed by atoms with Gasteiger partial charge < -0.3 is 25.6 Å². The molecule has 0 radical (unpaired) electrons. The highest BCUT2D eigenvalue weighted by Gasteiger charge is 2.22. The molecule has 3 rings (SSSR count). The maximum Gasteiger partial charge on any atom is 0.315 e. The Morgan fingerprint density at radius 3 is 2.92 bits per heavy atom. The lowest BCUT2D eigenvalue weighted by molar-refractivity contribution is -0.122. The molecule has 3 amide bonds. The van der Waals surface area contributed by atoms with Gasteiger partial charge in [-0.15, -0.1) is 0 Å². The van der Waals surface area contributed by atoms with Crippen molar-refractivity contribution in [3.05, 3.63) is 23.9 Å². The van der Waals surface area contributed by atoms with Crippen molar-refractivity contribution < 1.29 is 14.3 Å². The van der Waals surface area contributed by atoms with Gasteiger partial charge in [0.05, 0.1) is 13.2 Å². The lowest BCUT2D eigenvalue weighted by Crippen LogP contribution is -2.48. The van der Waals surface area contributed by atoms with E-state index in [9.17, 15) is 9.59 Å². The molecule has 8 nitrogen and oxygen atoms in total. The van der Waals surface area contributed by atoms with Crippen molar-refractivity contribution in [3.63, 3.8) is 0 Å². The first kappa shape index (κ1) is 17.5. The van der Waals surface area contributed by atoms with Gasteiger partial charge in [-0.05, 0) is 30.9 Å². The number of hydrogen-bond acceptors (Lipinski definition) is 5. The van der Waals surface area contributed by atoms with E-state index in [2.05, 4.69) is 25.8 Å². The minimum Gasteiger partial charge on any atom is -0.378 e. The van der Waals surface area contributed by atoms with Gasteiger partial charge in [0.25, 0.3) is 0 Å². The Hall–Kier alpha value is -2.35. The van der Waals surface area contributed by atoms with Gasteiger partial charge in [0.1, 0.15) is 11.9 Å². The molecule has 0 saturated carbocycles. The number of amides is 3. The van der Waals surface area contributed by atoms with Crippen LogP contribution in [0.25, 0.3) is 0 Å². The lowest BCUT2D eigenvalue weighted by Gasteiger charge is -2.27. The van der Waals surface area contributed by atoms with Crippen LogP contribution >= 0.6 is 0 Å². The summed E-state index contributed by atoms with van der Waals surface area (Å²) < 4.78 is 5.34. The second kappa shape index (κ2) is 8.66. The Labute approximate surface area is 147 Å². The lowest BCUT2D eigenvalue weighted by atomic mass is 10.1. The number of morpholine rings is 1. The van der Waals surface area contributed by atoms with E-state index in [0.717, 1.165) is 50.5 Å². The Balaban J connectivity index is 1.46. The van der Waals surface area contributed by atoms with Crippen LogP contribution in [-0.2, 0) is 16.1 Å². The standard InChI is InChI=1S/C17H25N5O3/c23-16-14(3-1-2-6-18-16)21-17(24)20-12-13-4-5-15(19-11-13)22-7-9-25-10-8-22/h4-5,11,14H,1-3,6-10,12H2,(H,18,23)(H2,20,21,24)/t14-/m1/s1. The molecule has 1 aromatic heterocycles. The van der Waals surface area contributed by atoms with Crippen LogP contribution in [0.1, 0.15) is 24.8 Å². The molecule has 0 bridgehead atoms. The maximum atomic E-state index is 12.0. The number of carbonyl (C=O) groups excluding carboxylic acids is 2. The second-order valence-corrected chi connectivity index (χ2v) is 6.29. The zero-order chi connectivity index (χ0) is 17.5. The number of rotatable bonds is 4. The third-order valence-corrected chi connectivity index (χ3v) is 4.44. The van der Waals surface area contributed by atoms with Gasteiger partial charge in [0, 0.05) is 32.4 Å². The van der Waals surface area contributed by atoms with Crippen LogP contribution in [0.5, 0.6) is 0 Å². The number of urea groups is 1. The molecule has 2 aliphatic heterocycles. The van der Waals surface area contributed by atoms with Crippen molar-refractivity contribution in [3.8, 4) is 0 Å². The number of aromatic nitrogens is 1. The van der Waals surface area contributed by atoms with Gasteiger partial charge in [-0.3, -0.25) is 4.79 Å². The third kappa shape index (κ3) is 5.06. The minimum atomic E-state index is -0.454. The van der Waals surface area contributed by atoms with Crippen LogP contribution in [-0.4, -0.2) is 55.8 Å². The van der Waals surface area contributed by atoms with E-state index in [0.29, 0.717) is 19.5 Å². The molecule has 1 atom stereocenters. The summed E-state index contributed by atoms with van der Waals surface area (Å²) in [4.78, 5) is 30.5. The largest absolute Gasteiger partial charge is 0.378 e. The quantitative estimate of drug-likeness (QED) is 0.732. The van der Waals surface area contributed by atoms with E-state index in [4.69, 9.17) is 4.74 Å². The topological polar surface area (TPSA) is 95.6 Å². The second-order valence-electron chi connectivity index (χ2n) is 6.29. The van der Waals surface area contributed by atoms with Gasteiger partial charge in [-0.1, -0.05) is 6.07 Å². The molecule has 0 spiro atoms. The molecule has 3 heterocycles. The van der Waals surface area contributed by atoms with E-state index < -0.39 is 6.04 Å². The van der Waals surface area contributed by atoms with Crippen LogP contribution in [0.4, 0.5) is 10.6 Å². The summed E-state index contributed by atoms with van der Waals surface area (Å²) >= 11 is 0. The molecule has 0 aromatic carbocycles. The smallest absolute Gasteiger partial charge is 0.315 e. The predicted molar refractivity (Wildman–Crippen MR) is 93.3 cm³/mol. The van der Waals surface area contributed by atoms with E-state index in [1.807, 2.05) is 12.1 Å². The normalized spacial score (nSPS) is 21.2. The van der Waals surface area contributed by atoms with Gasteiger partial charge >= 0.3 is 6.03 Å². The average molecular weight is 347 g/mol. The predicted octanol–water partition coefficient (Wildman–Crippen LogP) is 0.386. The van der Waals surface area contributed by atoms with E-state index in [1.165, 1.54) is 0 Å². The number of carbonyl (C=O) groups is 2. The fourth-order valence-corrected chi connectivity index (χ4v) is 2.97. The molecule has 2 fully saturated rings. The molecule has 25 heavy (non-hydrogen) atoms. The number of pyridine rings is 1. The SMILES string of the molecule is O=C(NCc1ccc(N2CCOCC2)nc1)N[C@@H]1CCCCNC1=O. The van der Waals surface area contributed by atoms with Crippen molar-refractivity contribution in [1.82, 2.24) is 20.9 Å². The zero-order valence-electron chi connectivity index (χ0n) is 14.3. The molecular weight excluding hydrogens is 322 g/mol. The molecule has 2 aliphatic rings. The van der Waals surface area contributed by atoms with Gasteiger partial charge in [0.15, 0.2) is 0 Å². The molecule has 2 saturated heterocycles. The van der Waals surface area contributed by atoms with Crippen molar-refractivity contribution in [2.45, 2.75) is 31.8 Å². The maximum absolute atomic E-state index is 12.0. The molecule has 1 aromatic rings. The number of nitrogens with one attached hydrogen (secondary N) is 3. The summed E-state index contributed by atoms with van der Waals surface area (Å²) in [5.74, 6) is 0.816. The molecule has 0 unspecified atom stereocenters. The zero-order valence-corrected chi connectivity index (χ0v) is 14.3. The monoisotopic (exact) mass is 347 g/mol. The Kier molecular flexibility index (Phi) is 6.05. The summed E-state index contributed by atoms with van der Waals surface area (Å²) in [5.41, 5.74) is 0.914. The van der Waals surface area contributed by atoms with Crippen LogP contribution in [0.2, 0.25) is 0 Å². The average Bonchev–Trinajstić information content (AvgIpc) is 2.86. The summed E-state index contributed by atoms with van der Waals surface area (Å²) in [6, 6.07) is 3.12. The number of ether oxygens (including phenoxy) is 1. The minimum absolute atomic E-state index is 0.107. The summed E-state index contributed by atoms with van der Waals surface area (Å²) in [6.45, 7) is 4.18. The summed E-state index contributed by atoms with van der Waals surface area (Å²) in [6.07, 6.45) is 4.32. The van der Waals surface area contributed by atoms with Crippen LogP contribution in [0, 0.1) is 0 Å². The van der Waals surface area contributed by atoms with E-state index >= 15 is 0 Å². The fraction of sp³-hybridized carbons (Fsp3) is 0.588. The molecule has 8 heteroatoms. The van der Waals surface area contributed by atoms with Crippen molar-refractivity contribution >= 4 is 17.8 Å². The Morgan fingerprint density at radius 2 is 2.16 bits per heavy atom. The fourth-order valence-electron chi connectivity index (χ4n) is 2.97. The molecule has 136 valence electrons. The number of anilines is 1. The van der Waals surface area contributed by atoms with Crippen molar-refractivity contribution in [1.29, 1.82) is 0 Å².